The second-order valence-electron chi connectivity index (χ2n) is 4.15. The number of nitrogens with two attached hydrogens (primary N) is 1. The van der Waals surface area contributed by atoms with Crippen LogP contribution in [0.15, 0.2) is 0 Å². The average molecular weight is 203 g/mol. The van der Waals surface area contributed by atoms with Gasteiger partial charge in [0.15, 0.2) is 0 Å². The second-order valence-corrected chi connectivity index (χ2v) is 4.15. The summed E-state index contributed by atoms with van der Waals surface area (Å²) in [6.07, 6.45) is 3.52. The summed E-state index contributed by atoms with van der Waals surface area (Å²) in [5.74, 6) is 0.775. The van der Waals surface area contributed by atoms with Gasteiger partial charge < -0.3 is 15.2 Å². The summed E-state index contributed by atoms with van der Waals surface area (Å²) in [6, 6.07) is 0.186. The van der Waals surface area contributed by atoms with Gasteiger partial charge in [0.1, 0.15) is 0 Å². The Labute approximate surface area is 88.0 Å². The van der Waals surface area contributed by atoms with Crippen molar-refractivity contribution in [3.05, 3.63) is 0 Å². The quantitative estimate of drug-likeness (QED) is 0.581. The summed E-state index contributed by atoms with van der Waals surface area (Å²) in [5, 5.41) is 0. The van der Waals surface area contributed by atoms with Gasteiger partial charge >= 0.3 is 0 Å². The third kappa shape index (κ3) is 9.96. The summed E-state index contributed by atoms with van der Waals surface area (Å²) < 4.78 is 10.2. The van der Waals surface area contributed by atoms with Crippen LogP contribution in [0.25, 0.3) is 0 Å². The minimum atomic E-state index is 0.186. The zero-order valence-corrected chi connectivity index (χ0v) is 9.79. The van der Waals surface area contributed by atoms with Gasteiger partial charge in [0, 0.05) is 13.2 Å². The monoisotopic (exact) mass is 203 g/mol. The second kappa shape index (κ2) is 9.44. The molecule has 14 heavy (non-hydrogen) atoms. The number of hydrogen-bond donors (Lipinski definition) is 1. The maximum Gasteiger partial charge on any atom is 0.0701 e. The van der Waals surface area contributed by atoms with E-state index in [4.69, 9.17) is 15.2 Å². The molecule has 0 rings (SSSR count). The standard InChI is InChI=1S/C11H25NO2/c1-10(2)5-4-6-11(12)9-14-8-7-13-3/h10-11H,4-9,12H2,1-3H3. The molecule has 0 aliphatic rings. The summed E-state index contributed by atoms with van der Waals surface area (Å²) in [4.78, 5) is 0. The molecule has 0 aliphatic carbocycles. The van der Waals surface area contributed by atoms with Gasteiger partial charge in [-0.25, -0.2) is 0 Å². The molecule has 1 atom stereocenters. The average Bonchev–Trinajstić information content (AvgIpc) is 2.12. The predicted octanol–water partition coefficient (Wildman–Crippen LogP) is 1.80. The van der Waals surface area contributed by atoms with Crippen LogP contribution in [-0.4, -0.2) is 33.0 Å². The topological polar surface area (TPSA) is 44.5 Å². The highest BCUT2D eigenvalue weighted by atomic mass is 16.5. The lowest BCUT2D eigenvalue weighted by atomic mass is 10.0. The lowest BCUT2D eigenvalue weighted by molar-refractivity contribution is 0.0623. The third-order valence-electron chi connectivity index (χ3n) is 2.12. The summed E-state index contributed by atoms with van der Waals surface area (Å²) in [7, 11) is 1.67. The molecule has 0 bridgehead atoms. The number of methoxy groups -OCH3 is 1. The van der Waals surface area contributed by atoms with Crippen molar-refractivity contribution in [2.45, 2.75) is 39.2 Å². The Bertz CT molecular complexity index is 118. The molecule has 86 valence electrons. The fourth-order valence-electron chi connectivity index (χ4n) is 1.25. The van der Waals surface area contributed by atoms with Crippen molar-refractivity contribution in [3.63, 3.8) is 0 Å². The Morgan fingerprint density at radius 2 is 1.86 bits per heavy atom. The molecule has 0 heterocycles. The predicted molar refractivity (Wildman–Crippen MR) is 59.4 cm³/mol. The van der Waals surface area contributed by atoms with Gasteiger partial charge in [-0.2, -0.15) is 0 Å². The molecular weight excluding hydrogens is 178 g/mol. The molecule has 0 saturated carbocycles. The van der Waals surface area contributed by atoms with Crippen LogP contribution in [0.3, 0.4) is 0 Å². The molecule has 0 aromatic carbocycles. The molecular formula is C11H25NO2. The van der Waals surface area contributed by atoms with Crippen molar-refractivity contribution in [2.24, 2.45) is 11.7 Å². The van der Waals surface area contributed by atoms with Crippen LogP contribution in [0.2, 0.25) is 0 Å². The largest absolute Gasteiger partial charge is 0.382 e. The molecule has 0 fully saturated rings. The Hall–Kier alpha value is -0.120. The van der Waals surface area contributed by atoms with Crippen molar-refractivity contribution < 1.29 is 9.47 Å². The van der Waals surface area contributed by atoms with Gasteiger partial charge in [0.05, 0.1) is 19.8 Å². The van der Waals surface area contributed by atoms with Crippen molar-refractivity contribution in [3.8, 4) is 0 Å². The number of rotatable bonds is 9. The first-order chi connectivity index (χ1) is 6.66. The van der Waals surface area contributed by atoms with Gasteiger partial charge in [-0.1, -0.05) is 26.7 Å². The Morgan fingerprint density at radius 1 is 1.14 bits per heavy atom. The molecule has 0 radical (unpaired) electrons. The van der Waals surface area contributed by atoms with Gasteiger partial charge in [0.25, 0.3) is 0 Å². The van der Waals surface area contributed by atoms with E-state index in [-0.39, 0.29) is 6.04 Å². The van der Waals surface area contributed by atoms with Crippen LogP contribution in [-0.2, 0) is 9.47 Å². The fraction of sp³-hybridized carbons (Fsp3) is 1.00. The van der Waals surface area contributed by atoms with Crippen molar-refractivity contribution in [1.82, 2.24) is 0 Å². The van der Waals surface area contributed by atoms with E-state index >= 15 is 0 Å². The normalized spacial score (nSPS) is 13.5. The van der Waals surface area contributed by atoms with E-state index in [0.717, 1.165) is 12.3 Å². The van der Waals surface area contributed by atoms with Gasteiger partial charge in [0.2, 0.25) is 0 Å². The minimum absolute atomic E-state index is 0.186. The summed E-state index contributed by atoms with van der Waals surface area (Å²) in [6.45, 7) is 6.43. The fourth-order valence-corrected chi connectivity index (χ4v) is 1.25. The lowest BCUT2D eigenvalue weighted by Crippen LogP contribution is -2.26. The highest BCUT2D eigenvalue weighted by molar-refractivity contribution is 4.60. The van der Waals surface area contributed by atoms with E-state index < -0.39 is 0 Å². The molecule has 0 spiro atoms. The van der Waals surface area contributed by atoms with Crippen LogP contribution in [0.5, 0.6) is 0 Å². The lowest BCUT2D eigenvalue weighted by Gasteiger charge is -2.12. The molecule has 3 heteroatoms. The van der Waals surface area contributed by atoms with Crippen LogP contribution in [0.1, 0.15) is 33.1 Å². The molecule has 1 unspecified atom stereocenters. The van der Waals surface area contributed by atoms with Gasteiger partial charge in [-0.15, -0.1) is 0 Å². The third-order valence-corrected chi connectivity index (χ3v) is 2.12. The Morgan fingerprint density at radius 3 is 2.43 bits per heavy atom. The highest BCUT2D eigenvalue weighted by Crippen LogP contribution is 2.07. The molecule has 0 aromatic heterocycles. The zero-order chi connectivity index (χ0) is 10.8. The molecule has 0 aromatic rings. The summed E-state index contributed by atoms with van der Waals surface area (Å²) in [5.41, 5.74) is 5.88. The Balaban J connectivity index is 3.15. The summed E-state index contributed by atoms with van der Waals surface area (Å²) >= 11 is 0. The molecule has 0 saturated heterocycles. The maximum absolute atomic E-state index is 5.88. The van der Waals surface area contributed by atoms with Crippen molar-refractivity contribution in [1.29, 1.82) is 0 Å². The smallest absolute Gasteiger partial charge is 0.0701 e. The number of ether oxygens (including phenoxy) is 2. The van der Waals surface area contributed by atoms with Crippen LogP contribution < -0.4 is 5.73 Å². The van der Waals surface area contributed by atoms with E-state index in [0.29, 0.717) is 19.8 Å². The van der Waals surface area contributed by atoms with Crippen LogP contribution >= 0.6 is 0 Å². The first-order valence-electron chi connectivity index (χ1n) is 5.49. The van der Waals surface area contributed by atoms with E-state index in [1.165, 1.54) is 12.8 Å². The van der Waals surface area contributed by atoms with E-state index in [1.807, 2.05) is 0 Å². The highest BCUT2D eigenvalue weighted by Gasteiger charge is 2.03. The minimum Gasteiger partial charge on any atom is -0.382 e. The Kier molecular flexibility index (Phi) is 9.35. The molecule has 0 amide bonds. The van der Waals surface area contributed by atoms with Crippen LogP contribution in [0.4, 0.5) is 0 Å². The van der Waals surface area contributed by atoms with E-state index in [1.54, 1.807) is 7.11 Å². The van der Waals surface area contributed by atoms with E-state index in [2.05, 4.69) is 13.8 Å². The first-order valence-corrected chi connectivity index (χ1v) is 5.49. The SMILES string of the molecule is COCCOCC(N)CCCC(C)C. The molecule has 3 nitrogen and oxygen atoms in total. The molecule has 0 aliphatic heterocycles. The number of hydrogen-bond acceptors (Lipinski definition) is 3. The van der Waals surface area contributed by atoms with Crippen LogP contribution in [0, 0.1) is 5.92 Å². The zero-order valence-electron chi connectivity index (χ0n) is 9.79. The molecule has 2 N–H and O–H groups in total. The van der Waals surface area contributed by atoms with Crippen molar-refractivity contribution >= 4 is 0 Å². The van der Waals surface area contributed by atoms with E-state index in [9.17, 15) is 0 Å². The maximum atomic E-state index is 5.88. The van der Waals surface area contributed by atoms with Crippen molar-refractivity contribution in [2.75, 3.05) is 26.9 Å². The first kappa shape index (κ1) is 13.9. The van der Waals surface area contributed by atoms with Gasteiger partial charge in [-0.05, 0) is 12.3 Å². The van der Waals surface area contributed by atoms with Gasteiger partial charge in [-0.3, -0.25) is 0 Å².